The van der Waals surface area contributed by atoms with Gasteiger partial charge in [-0.1, -0.05) is 35.3 Å². The highest BCUT2D eigenvalue weighted by molar-refractivity contribution is 6.36. The standard InChI is InChI=1S/C14H16Cl2N4/c15-12-4-1-5-13(16)11(12)8-10(20-18)7-9-3-2-6-19-14(9)17/h1-6,10,20H,7-8,18H2,(H2,17,19). The van der Waals surface area contributed by atoms with E-state index >= 15 is 0 Å². The molecule has 0 aliphatic carbocycles. The molecule has 1 aromatic carbocycles. The summed E-state index contributed by atoms with van der Waals surface area (Å²) in [6.07, 6.45) is 2.93. The van der Waals surface area contributed by atoms with E-state index in [4.69, 9.17) is 34.8 Å². The van der Waals surface area contributed by atoms with Crippen LogP contribution >= 0.6 is 23.2 Å². The van der Waals surface area contributed by atoms with Crippen molar-refractivity contribution in [3.05, 3.63) is 57.7 Å². The van der Waals surface area contributed by atoms with Crippen LogP contribution < -0.4 is 17.0 Å². The minimum atomic E-state index is -0.0288. The Labute approximate surface area is 128 Å². The van der Waals surface area contributed by atoms with Crippen molar-refractivity contribution in [1.82, 2.24) is 10.4 Å². The van der Waals surface area contributed by atoms with Crippen molar-refractivity contribution in [1.29, 1.82) is 0 Å². The summed E-state index contributed by atoms with van der Waals surface area (Å²) in [5.74, 6) is 6.13. The number of anilines is 1. The van der Waals surface area contributed by atoms with Crippen LogP contribution in [0.25, 0.3) is 0 Å². The van der Waals surface area contributed by atoms with Crippen molar-refractivity contribution in [2.75, 3.05) is 5.73 Å². The van der Waals surface area contributed by atoms with Crippen molar-refractivity contribution in [3.63, 3.8) is 0 Å². The number of aromatic nitrogens is 1. The maximum Gasteiger partial charge on any atom is 0.126 e. The molecule has 6 heteroatoms. The van der Waals surface area contributed by atoms with Gasteiger partial charge >= 0.3 is 0 Å². The van der Waals surface area contributed by atoms with Gasteiger partial charge in [0.15, 0.2) is 0 Å². The molecule has 5 N–H and O–H groups in total. The predicted octanol–water partition coefficient (Wildman–Crippen LogP) is 2.59. The van der Waals surface area contributed by atoms with E-state index in [2.05, 4.69) is 10.4 Å². The third-order valence-electron chi connectivity index (χ3n) is 3.14. The summed E-state index contributed by atoms with van der Waals surface area (Å²) >= 11 is 12.3. The van der Waals surface area contributed by atoms with Crippen LogP contribution in [-0.4, -0.2) is 11.0 Å². The average molecular weight is 311 g/mol. The molecule has 2 rings (SSSR count). The minimum Gasteiger partial charge on any atom is -0.383 e. The van der Waals surface area contributed by atoms with Gasteiger partial charge in [-0.05, 0) is 42.2 Å². The first-order chi connectivity index (χ1) is 9.61. The second kappa shape index (κ2) is 6.90. The second-order valence-corrected chi connectivity index (χ2v) is 5.33. The Bertz CT molecular complexity index is 569. The summed E-state index contributed by atoms with van der Waals surface area (Å²) in [6.45, 7) is 0. The number of pyridine rings is 1. The lowest BCUT2D eigenvalue weighted by Crippen LogP contribution is -2.38. The van der Waals surface area contributed by atoms with Crippen LogP contribution in [0.3, 0.4) is 0 Å². The summed E-state index contributed by atoms with van der Waals surface area (Å²) in [7, 11) is 0. The quantitative estimate of drug-likeness (QED) is 0.586. The lowest BCUT2D eigenvalue weighted by molar-refractivity contribution is 0.523. The minimum absolute atomic E-state index is 0.0288. The molecule has 1 heterocycles. The monoisotopic (exact) mass is 310 g/mol. The molecule has 106 valence electrons. The second-order valence-electron chi connectivity index (χ2n) is 4.52. The Morgan fingerprint density at radius 1 is 1.10 bits per heavy atom. The van der Waals surface area contributed by atoms with Gasteiger partial charge in [0.1, 0.15) is 5.82 Å². The number of hydrogen-bond donors (Lipinski definition) is 3. The zero-order valence-corrected chi connectivity index (χ0v) is 12.3. The van der Waals surface area contributed by atoms with Crippen LogP contribution in [0, 0.1) is 0 Å². The molecule has 0 aliphatic rings. The van der Waals surface area contributed by atoms with E-state index < -0.39 is 0 Å². The van der Waals surface area contributed by atoms with Gasteiger partial charge in [0.25, 0.3) is 0 Å². The molecule has 0 fully saturated rings. The maximum atomic E-state index is 6.17. The zero-order chi connectivity index (χ0) is 14.5. The fraction of sp³-hybridized carbons (Fsp3) is 0.214. The van der Waals surface area contributed by atoms with Gasteiger partial charge in [-0.25, -0.2) is 4.98 Å². The first-order valence-electron chi connectivity index (χ1n) is 6.20. The fourth-order valence-electron chi connectivity index (χ4n) is 2.05. The molecular formula is C14H16Cl2N4. The molecule has 0 saturated heterocycles. The molecule has 0 bridgehead atoms. The number of rotatable bonds is 5. The van der Waals surface area contributed by atoms with Crippen molar-refractivity contribution in [2.24, 2.45) is 5.84 Å². The largest absolute Gasteiger partial charge is 0.383 e. The first-order valence-corrected chi connectivity index (χ1v) is 6.95. The highest BCUT2D eigenvalue weighted by Gasteiger charge is 2.15. The number of nitrogens with two attached hydrogens (primary N) is 2. The molecule has 1 aromatic heterocycles. The number of hydrazine groups is 1. The van der Waals surface area contributed by atoms with Gasteiger partial charge in [0, 0.05) is 22.3 Å². The smallest absolute Gasteiger partial charge is 0.126 e. The predicted molar refractivity (Wildman–Crippen MR) is 83.6 cm³/mol. The Hall–Kier alpha value is -1.33. The molecule has 0 saturated carbocycles. The summed E-state index contributed by atoms with van der Waals surface area (Å²) in [5, 5.41) is 1.27. The van der Waals surface area contributed by atoms with Gasteiger partial charge in [0.05, 0.1) is 0 Å². The Kier molecular flexibility index (Phi) is 5.20. The Morgan fingerprint density at radius 3 is 2.40 bits per heavy atom. The van der Waals surface area contributed by atoms with E-state index in [-0.39, 0.29) is 6.04 Å². The molecule has 0 amide bonds. The normalized spacial score (nSPS) is 12.3. The summed E-state index contributed by atoms with van der Waals surface area (Å²) in [6, 6.07) is 9.20. The van der Waals surface area contributed by atoms with E-state index in [1.807, 2.05) is 30.3 Å². The molecule has 1 unspecified atom stereocenters. The number of nitrogens with zero attached hydrogens (tertiary/aromatic N) is 1. The SMILES string of the molecule is NNC(Cc1cccnc1N)Cc1c(Cl)cccc1Cl. The Morgan fingerprint density at radius 2 is 1.80 bits per heavy atom. The van der Waals surface area contributed by atoms with Gasteiger partial charge in [-0.15, -0.1) is 0 Å². The molecule has 0 aliphatic heterocycles. The van der Waals surface area contributed by atoms with Gasteiger partial charge in [-0.3, -0.25) is 11.3 Å². The van der Waals surface area contributed by atoms with Crippen LogP contribution in [0.5, 0.6) is 0 Å². The molecule has 1 atom stereocenters. The van der Waals surface area contributed by atoms with E-state index in [9.17, 15) is 0 Å². The van der Waals surface area contributed by atoms with Crippen molar-refractivity contribution >= 4 is 29.0 Å². The maximum absolute atomic E-state index is 6.17. The third-order valence-corrected chi connectivity index (χ3v) is 3.85. The average Bonchev–Trinajstić information content (AvgIpc) is 2.44. The van der Waals surface area contributed by atoms with Crippen LogP contribution in [-0.2, 0) is 12.8 Å². The van der Waals surface area contributed by atoms with E-state index in [0.29, 0.717) is 28.7 Å². The lowest BCUT2D eigenvalue weighted by atomic mass is 9.99. The number of hydrogen-bond acceptors (Lipinski definition) is 4. The number of nitrogens with one attached hydrogen (secondary N) is 1. The molecule has 2 aromatic rings. The van der Waals surface area contributed by atoms with Gasteiger partial charge in [0.2, 0.25) is 0 Å². The number of benzene rings is 1. The Balaban J connectivity index is 2.16. The van der Waals surface area contributed by atoms with Crippen LogP contribution in [0.2, 0.25) is 10.0 Å². The third kappa shape index (κ3) is 3.61. The van der Waals surface area contributed by atoms with Gasteiger partial charge in [-0.2, -0.15) is 0 Å². The first kappa shape index (κ1) is 15.1. The van der Waals surface area contributed by atoms with Crippen LogP contribution in [0.1, 0.15) is 11.1 Å². The zero-order valence-electron chi connectivity index (χ0n) is 10.8. The molecule has 20 heavy (non-hydrogen) atoms. The molecular weight excluding hydrogens is 295 g/mol. The summed E-state index contributed by atoms with van der Waals surface area (Å²) in [5.41, 5.74) is 10.4. The van der Waals surface area contributed by atoms with Gasteiger partial charge < -0.3 is 5.73 Å². The van der Waals surface area contributed by atoms with Crippen molar-refractivity contribution < 1.29 is 0 Å². The van der Waals surface area contributed by atoms with E-state index in [1.165, 1.54) is 0 Å². The molecule has 0 spiro atoms. The fourth-order valence-corrected chi connectivity index (χ4v) is 2.60. The summed E-state index contributed by atoms with van der Waals surface area (Å²) in [4.78, 5) is 4.07. The highest BCUT2D eigenvalue weighted by Crippen LogP contribution is 2.26. The lowest BCUT2D eigenvalue weighted by Gasteiger charge is -2.18. The van der Waals surface area contributed by atoms with Crippen molar-refractivity contribution in [2.45, 2.75) is 18.9 Å². The van der Waals surface area contributed by atoms with E-state index in [0.717, 1.165) is 11.1 Å². The number of halogens is 2. The van der Waals surface area contributed by atoms with Crippen molar-refractivity contribution in [3.8, 4) is 0 Å². The molecule has 4 nitrogen and oxygen atoms in total. The van der Waals surface area contributed by atoms with Crippen LogP contribution in [0.15, 0.2) is 36.5 Å². The van der Waals surface area contributed by atoms with E-state index in [1.54, 1.807) is 6.20 Å². The van der Waals surface area contributed by atoms with Crippen LogP contribution in [0.4, 0.5) is 5.82 Å². The topological polar surface area (TPSA) is 77.0 Å². The number of nitrogen functional groups attached to an aromatic ring is 1. The highest BCUT2D eigenvalue weighted by atomic mass is 35.5. The molecule has 0 radical (unpaired) electrons. The summed E-state index contributed by atoms with van der Waals surface area (Å²) < 4.78 is 0.